The summed E-state index contributed by atoms with van der Waals surface area (Å²) in [6.07, 6.45) is 0.769. The normalized spacial score (nSPS) is 10.6. The number of halogens is 2. The van der Waals surface area contributed by atoms with Crippen molar-refractivity contribution < 1.29 is 4.39 Å². The maximum atomic E-state index is 14.0. The molecule has 0 saturated heterocycles. The number of hydrogen-bond donors (Lipinski definition) is 1. The Morgan fingerprint density at radius 1 is 1.25 bits per heavy atom. The maximum absolute atomic E-state index is 14.0. The van der Waals surface area contributed by atoms with E-state index in [2.05, 4.69) is 20.9 Å². The predicted octanol–water partition coefficient (Wildman–Crippen LogP) is 3.78. The van der Waals surface area contributed by atoms with Gasteiger partial charge in [0, 0.05) is 11.0 Å². The van der Waals surface area contributed by atoms with Gasteiger partial charge in [-0.25, -0.2) is 9.37 Å². The van der Waals surface area contributed by atoms with Gasteiger partial charge in [0.25, 0.3) is 0 Å². The van der Waals surface area contributed by atoms with Crippen LogP contribution >= 0.6 is 15.9 Å². The van der Waals surface area contributed by atoms with Crippen LogP contribution in [0.5, 0.6) is 0 Å². The van der Waals surface area contributed by atoms with Crippen molar-refractivity contribution in [2.24, 2.45) is 5.73 Å². The highest BCUT2D eigenvalue weighted by Crippen LogP contribution is 2.28. The van der Waals surface area contributed by atoms with Crippen LogP contribution in [-0.2, 0) is 0 Å². The number of pyridine rings is 1. The maximum Gasteiger partial charge on any atom is 0.146 e. The van der Waals surface area contributed by atoms with E-state index in [0.717, 1.165) is 22.4 Å². The van der Waals surface area contributed by atoms with Crippen molar-refractivity contribution in [3.05, 3.63) is 52.4 Å². The summed E-state index contributed by atoms with van der Waals surface area (Å²) in [7, 11) is 0. The van der Waals surface area contributed by atoms with Crippen LogP contribution in [0.25, 0.3) is 0 Å². The Labute approximate surface area is 126 Å². The minimum absolute atomic E-state index is 0.258. The van der Waals surface area contributed by atoms with Crippen molar-refractivity contribution in [3.8, 4) is 0 Å². The van der Waals surface area contributed by atoms with Crippen molar-refractivity contribution in [2.75, 3.05) is 18.0 Å². The van der Waals surface area contributed by atoms with Gasteiger partial charge in [-0.05, 0) is 60.1 Å². The summed E-state index contributed by atoms with van der Waals surface area (Å²) in [5.41, 5.74) is 6.97. The summed E-state index contributed by atoms with van der Waals surface area (Å²) >= 11 is 3.43. The summed E-state index contributed by atoms with van der Waals surface area (Å²) in [5.74, 6) is 0.469. The van der Waals surface area contributed by atoms with Crippen molar-refractivity contribution >= 4 is 27.4 Å². The molecule has 0 bridgehead atoms. The zero-order valence-corrected chi connectivity index (χ0v) is 12.9. The van der Waals surface area contributed by atoms with Gasteiger partial charge in [-0.15, -0.1) is 0 Å². The molecule has 2 rings (SSSR count). The quantitative estimate of drug-likeness (QED) is 0.902. The minimum Gasteiger partial charge on any atom is -0.330 e. The van der Waals surface area contributed by atoms with Gasteiger partial charge in [-0.3, -0.25) is 0 Å². The molecule has 0 atom stereocenters. The second-order valence-electron chi connectivity index (χ2n) is 4.48. The molecule has 0 aliphatic carbocycles. The van der Waals surface area contributed by atoms with Crippen LogP contribution in [-0.4, -0.2) is 18.1 Å². The first-order valence-corrected chi connectivity index (χ1v) is 7.28. The molecule has 1 heterocycles. The molecule has 0 aliphatic heterocycles. The molecule has 0 radical (unpaired) electrons. The third-order valence-corrected chi connectivity index (χ3v) is 3.85. The number of aromatic nitrogens is 1. The van der Waals surface area contributed by atoms with Crippen molar-refractivity contribution in [1.82, 2.24) is 4.98 Å². The lowest BCUT2D eigenvalue weighted by atomic mass is 10.2. The fourth-order valence-corrected chi connectivity index (χ4v) is 2.18. The molecule has 0 saturated carbocycles. The molecule has 0 amide bonds. The van der Waals surface area contributed by atoms with Crippen LogP contribution in [0.1, 0.15) is 12.1 Å². The van der Waals surface area contributed by atoms with E-state index >= 15 is 0 Å². The van der Waals surface area contributed by atoms with Gasteiger partial charge in [-0.1, -0.05) is 12.1 Å². The average molecular weight is 338 g/mol. The molecular weight excluding hydrogens is 321 g/mol. The lowest BCUT2D eigenvalue weighted by Crippen LogP contribution is -2.23. The Hall–Kier alpha value is -1.46. The van der Waals surface area contributed by atoms with Gasteiger partial charge in [0.1, 0.15) is 11.6 Å². The fourth-order valence-electron chi connectivity index (χ4n) is 1.96. The zero-order valence-electron chi connectivity index (χ0n) is 11.3. The number of benzene rings is 1. The smallest absolute Gasteiger partial charge is 0.146 e. The van der Waals surface area contributed by atoms with Crippen LogP contribution in [0.15, 0.2) is 40.9 Å². The number of hydrogen-bond acceptors (Lipinski definition) is 3. The second-order valence-corrected chi connectivity index (χ2v) is 5.34. The summed E-state index contributed by atoms with van der Waals surface area (Å²) < 4.78 is 15.0. The molecule has 2 N–H and O–H groups in total. The topological polar surface area (TPSA) is 42.2 Å². The van der Waals surface area contributed by atoms with E-state index in [-0.39, 0.29) is 5.82 Å². The fraction of sp³-hybridized carbons (Fsp3) is 0.267. The average Bonchev–Trinajstić information content (AvgIpc) is 2.44. The predicted molar refractivity (Wildman–Crippen MR) is 83.8 cm³/mol. The number of nitrogens with two attached hydrogens (primary N) is 1. The van der Waals surface area contributed by atoms with Crippen LogP contribution in [0, 0.1) is 12.7 Å². The highest BCUT2D eigenvalue weighted by atomic mass is 79.9. The Morgan fingerprint density at radius 2 is 2.00 bits per heavy atom. The number of rotatable bonds is 5. The molecular formula is C15H17BrFN3. The third kappa shape index (κ3) is 3.35. The molecule has 1 aromatic carbocycles. The number of anilines is 2. The van der Waals surface area contributed by atoms with E-state index in [0.29, 0.717) is 18.8 Å². The monoisotopic (exact) mass is 337 g/mol. The van der Waals surface area contributed by atoms with Crippen molar-refractivity contribution in [2.45, 2.75) is 13.3 Å². The van der Waals surface area contributed by atoms with E-state index in [1.807, 2.05) is 30.0 Å². The summed E-state index contributed by atoms with van der Waals surface area (Å²) in [6.45, 7) is 3.10. The first-order chi connectivity index (χ1) is 9.63. The van der Waals surface area contributed by atoms with Crippen molar-refractivity contribution in [1.29, 1.82) is 0 Å². The van der Waals surface area contributed by atoms with E-state index in [4.69, 9.17) is 5.73 Å². The minimum atomic E-state index is -0.258. The molecule has 5 heteroatoms. The van der Waals surface area contributed by atoms with Crippen LogP contribution in [0.2, 0.25) is 0 Å². The Bertz CT molecular complexity index is 589. The van der Waals surface area contributed by atoms with Gasteiger partial charge in [0.15, 0.2) is 0 Å². The molecule has 20 heavy (non-hydrogen) atoms. The molecule has 106 valence electrons. The van der Waals surface area contributed by atoms with Gasteiger partial charge in [0.05, 0.1) is 11.4 Å². The van der Waals surface area contributed by atoms with E-state index in [9.17, 15) is 4.39 Å². The number of aryl methyl sites for hydroxylation is 1. The van der Waals surface area contributed by atoms with Crippen LogP contribution in [0.3, 0.4) is 0 Å². The van der Waals surface area contributed by atoms with Crippen LogP contribution in [0.4, 0.5) is 15.9 Å². The van der Waals surface area contributed by atoms with E-state index in [1.54, 1.807) is 12.1 Å². The lowest BCUT2D eigenvalue weighted by molar-refractivity contribution is 0.622. The molecule has 3 nitrogen and oxygen atoms in total. The molecule has 0 unspecified atom stereocenters. The van der Waals surface area contributed by atoms with E-state index in [1.165, 1.54) is 6.07 Å². The highest BCUT2D eigenvalue weighted by molar-refractivity contribution is 9.10. The Morgan fingerprint density at radius 3 is 2.65 bits per heavy atom. The molecule has 2 aromatic rings. The molecule has 0 fully saturated rings. The lowest BCUT2D eigenvalue weighted by Gasteiger charge is -2.24. The third-order valence-electron chi connectivity index (χ3n) is 3.01. The summed E-state index contributed by atoms with van der Waals surface area (Å²) in [6, 6.07) is 10.5. The number of para-hydroxylation sites is 1. The van der Waals surface area contributed by atoms with E-state index < -0.39 is 0 Å². The largest absolute Gasteiger partial charge is 0.330 e. The Kier molecular flexibility index (Phi) is 5.09. The summed E-state index contributed by atoms with van der Waals surface area (Å²) in [5, 5.41) is 0. The SMILES string of the molecule is Cc1nc(N(CCCN)c2ccccc2F)ccc1Br. The van der Waals surface area contributed by atoms with Crippen LogP contribution < -0.4 is 10.6 Å². The summed E-state index contributed by atoms with van der Waals surface area (Å²) in [4.78, 5) is 6.38. The Balaban J connectivity index is 2.41. The molecule has 0 spiro atoms. The van der Waals surface area contributed by atoms with Gasteiger partial charge in [0.2, 0.25) is 0 Å². The second kappa shape index (κ2) is 6.81. The number of nitrogens with zero attached hydrogens (tertiary/aromatic N) is 2. The standard InChI is InChI=1S/C15H17BrFN3/c1-11-12(16)7-8-15(19-11)20(10-4-9-18)14-6-3-2-5-13(14)17/h2-3,5-8H,4,9-10,18H2,1H3. The highest BCUT2D eigenvalue weighted by Gasteiger charge is 2.14. The van der Waals surface area contributed by atoms with Gasteiger partial charge >= 0.3 is 0 Å². The van der Waals surface area contributed by atoms with Gasteiger partial charge < -0.3 is 10.6 Å². The van der Waals surface area contributed by atoms with Crippen molar-refractivity contribution in [3.63, 3.8) is 0 Å². The first-order valence-electron chi connectivity index (χ1n) is 6.48. The molecule has 1 aromatic heterocycles. The molecule has 0 aliphatic rings. The first kappa shape index (κ1) is 14.9. The zero-order chi connectivity index (χ0) is 14.5. The van der Waals surface area contributed by atoms with Gasteiger partial charge in [-0.2, -0.15) is 0 Å².